The fourth-order valence-corrected chi connectivity index (χ4v) is 1.83. The van der Waals surface area contributed by atoms with Crippen molar-refractivity contribution in [3.8, 4) is 0 Å². The van der Waals surface area contributed by atoms with Crippen LogP contribution in [0.15, 0.2) is 24.3 Å². The number of aryl methyl sites for hydroxylation is 1. The van der Waals surface area contributed by atoms with E-state index in [-0.39, 0.29) is 17.4 Å². The Bertz CT molecular complexity index is 390. The summed E-state index contributed by atoms with van der Waals surface area (Å²) in [5, 5.41) is 2.76. The van der Waals surface area contributed by atoms with Crippen molar-refractivity contribution >= 4 is 29.3 Å². The molecule has 92 valence electrons. The first kappa shape index (κ1) is 13.6. The molecular formula is C12H16N2O2S. The smallest absolute Gasteiger partial charge is 0.234 e. The minimum atomic E-state index is -0.407. The second-order valence-electron chi connectivity index (χ2n) is 3.56. The van der Waals surface area contributed by atoms with E-state index in [0.29, 0.717) is 0 Å². The van der Waals surface area contributed by atoms with E-state index in [4.69, 9.17) is 5.73 Å². The highest BCUT2D eigenvalue weighted by molar-refractivity contribution is 8.00. The normalized spacial score (nSPS) is 9.94. The van der Waals surface area contributed by atoms with Crippen molar-refractivity contribution in [2.75, 3.05) is 16.8 Å². The van der Waals surface area contributed by atoms with Crippen molar-refractivity contribution in [1.29, 1.82) is 0 Å². The van der Waals surface area contributed by atoms with Crippen molar-refractivity contribution in [3.63, 3.8) is 0 Å². The number of rotatable bonds is 6. The van der Waals surface area contributed by atoms with Crippen LogP contribution in [0.25, 0.3) is 0 Å². The Morgan fingerprint density at radius 3 is 2.41 bits per heavy atom. The molecule has 0 saturated carbocycles. The number of carbonyl (C=O) groups excluding carboxylic acids is 2. The fourth-order valence-electron chi connectivity index (χ4n) is 1.27. The Kier molecular flexibility index (Phi) is 5.56. The highest BCUT2D eigenvalue weighted by Gasteiger charge is 2.03. The van der Waals surface area contributed by atoms with Crippen LogP contribution < -0.4 is 11.1 Å². The maximum Gasteiger partial charge on any atom is 0.234 e. The van der Waals surface area contributed by atoms with Gasteiger partial charge in [0.1, 0.15) is 0 Å². The number of carbonyl (C=O) groups is 2. The molecule has 1 rings (SSSR count). The molecule has 3 N–H and O–H groups in total. The van der Waals surface area contributed by atoms with Gasteiger partial charge in [0.25, 0.3) is 0 Å². The van der Waals surface area contributed by atoms with Crippen LogP contribution in [-0.4, -0.2) is 23.3 Å². The van der Waals surface area contributed by atoms with Crippen LogP contribution in [-0.2, 0) is 16.0 Å². The van der Waals surface area contributed by atoms with Gasteiger partial charge in [0.2, 0.25) is 11.8 Å². The first-order valence-corrected chi connectivity index (χ1v) is 6.52. The molecule has 0 heterocycles. The van der Waals surface area contributed by atoms with E-state index in [1.807, 2.05) is 24.3 Å². The molecule has 0 aliphatic carbocycles. The molecule has 0 spiro atoms. The first-order valence-electron chi connectivity index (χ1n) is 5.36. The van der Waals surface area contributed by atoms with Gasteiger partial charge in [-0.3, -0.25) is 9.59 Å². The van der Waals surface area contributed by atoms with Crippen LogP contribution in [0.3, 0.4) is 0 Å². The lowest BCUT2D eigenvalue weighted by atomic mass is 10.1. The summed E-state index contributed by atoms with van der Waals surface area (Å²) in [7, 11) is 0. The standard InChI is InChI=1S/C12H16N2O2S/c1-2-9-3-5-10(6-4-9)14-12(16)8-17-7-11(13)15/h3-6H,2,7-8H2,1H3,(H2,13,15)(H,14,16). The van der Waals surface area contributed by atoms with Gasteiger partial charge in [0.05, 0.1) is 11.5 Å². The third-order valence-electron chi connectivity index (χ3n) is 2.12. The SMILES string of the molecule is CCc1ccc(NC(=O)CSCC(N)=O)cc1. The average molecular weight is 252 g/mol. The first-order chi connectivity index (χ1) is 8.11. The van der Waals surface area contributed by atoms with Gasteiger partial charge in [-0.05, 0) is 24.1 Å². The minimum Gasteiger partial charge on any atom is -0.369 e. The van der Waals surface area contributed by atoms with E-state index in [2.05, 4.69) is 12.2 Å². The number of hydrogen-bond donors (Lipinski definition) is 2. The number of nitrogens with one attached hydrogen (secondary N) is 1. The van der Waals surface area contributed by atoms with E-state index in [0.717, 1.165) is 12.1 Å². The predicted molar refractivity (Wildman–Crippen MR) is 71.0 cm³/mol. The summed E-state index contributed by atoms with van der Waals surface area (Å²) in [6.45, 7) is 2.08. The van der Waals surface area contributed by atoms with Crippen molar-refractivity contribution < 1.29 is 9.59 Å². The maximum absolute atomic E-state index is 11.5. The molecule has 0 bridgehead atoms. The number of nitrogens with two attached hydrogens (primary N) is 1. The summed E-state index contributed by atoms with van der Waals surface area (Å²) in [4.78, 5) is 21.9. The van der Waals surface area contributed by atoms with Crippen molar-refractivity contribution in [1.82, 2.24) is 0 Å². The Balaban J connectivity index is 2.37. The molecule has 0 radical (unpaired) electrons. The Hall–Kier alpha value is -1.49. The Labute approximate surface area is 105 Å². The van der Waals surface area contributed by atoms with Crippen LogP contribution in [0, 0.1) is 0 Å². The summed E-state index contributed by atoms with van der Waals surface area (Å²) in [5.41, 5.74) is 6.97. The molecule has 0 aliphatic rings. The highest BCUT2D eigenvalue weighted by Crippen LogP contribution is 2.10. The van der Waals surface area contributed by atoms with Crippen LogP contribution in [0.2, 0.25) is 0 Å². The van der Waals surface area contributed by atoms with Gasteiger partial charge in [-0.1, -0.05) is 19.1 Å². The summed E-state index contributed by atoms with van der Waals surface area (Å²) < 4.78 is 0. The quantitative estimate of drug-likeness (QED) is 0.804. The largest absolute Gasteiger partial charge is 0.369 e. The summed E-state index contributed by atoms with van der Waals surface area (Å²) >= 11 is 1.21. The van der Waals surface area contributed by atoms with Gasteiger partial charge in [-0.2, -0.15) is 0 Å². The molecule has 1 aromatic rings. The van der Waals surface area contributed by atoms with E-state index in [1.165, 1.54) is 17.3 Å². The number of thioether (sulfide) groups is 1. The molecule has 0 fully saturated rings. The molecule has 5 heteroatoms. The number of hydrogen-bond acceptors (Lipinski definition) is 3. The number of amides is 2. The second-order valence-corrected chi connectivity index (χ2v) is 4.54. The average Bonchev–Trinajstić information content (AvgIpc) is 2.29. The monoisotopic (exact) mass is 252 g/mol. The predicted octanol–water partition coefficient (Wildman–Crippen LogP) is 1.41. The second kappa shape index (κ2) is 6.96. The molecule has 0 saturated heterocycles. The number of anilines is 1. The number of primary amides is 1. The van der Waals surface area contributed by atoms with Crippen LogP contribution in [0.5, 0.6) is 0 Å². The molecule has 0 atom stereocenters. The van der Waals surface area contributed by atoms with E-state index in [1.54, 1.807) is 0 Å². The molecule has 17 heavy (non-hydrogen) atoms. The number of benzene rings is 1. The van der Waals surface area contributed by atoms with Gasteiger partial charge >= 0.3 is 0 Å². The molecule has 0 aromatic heterocycles. The maximum atomic E-state index is 11.5. The van der Waals surface area contributed by atoms with E-state index < -0.39 is 5.91 Å². The Morgan fingerprint density at radius 2 is 1.88 bits per heavy atom. The van der Waals surface area contributed by atoms with Crippen molar-refractivity contribution in [2.45, 2.75) is 13.3 Å². The zero-order valence-electron chi connectivity index (χ0n) is 9.73. The summed E-state index contributed by atoms with van der Waals surface area (Å²) in [5.74, 6) is -0.128. The summed E-state index contributed by atoms with van der Waals surface area (Å²) in [6, 6.07) is 7.70. The Morgan fingerprint density at radius 1 is 1.24 bits per heavy atom. The topological polar surface area (TPSA) is 72.2 Å². The third-order valence-corrected chi connectivity index (χ3v) is 3.08. The lowest BCUT2D eigenvalue weighted by Crippen LogP contribution is -2.18. The van der Waals surface area contributed by atoms with Gasteiger partial charge in [-0.25, -0.2) is 0 Å². The third kappa shape index (κ3) is 5.40. The van der Waals surface area contributed by atoms with Crippen LogP contribution in [0.4, 0.5) is 5.69 Å². The van der Waals surface area contributed by atoms with Crippen molar-refractivity contribution in [2.24, 2.45) is 5.73 Å². The highest BCUT2D eigenvalue weighted by atomic mass is 32.2. The van der Waals surface area contributed by atoms with E-state index in [9.17, 15) is 9.59 Å². The summed E-state index contributed by atoms with van der Waals surface area (Å²) in [6.07, 6.45) is 0.975. The molecule has 4 nitrogen and oxygen atoms in total. The van der Waals surface area contributed by atoms with Gasteiger partial charge in [-0.15, -0.1) is 11.8 Å². The molecule has 1 aromatic carbocycles. The lowest BCUT2D eigenvalue weighted by molar-refractivity contribution is -0.115. The lowest BCUT2D eigenvalue weighted by Gasteiger charge is -2.05. The molecule has 0 unspecified atom stereocenters. The van der Waals surface area contributed by atoms with Gasteiger partial charge < -0.3 is 11.1 Å². The fraction of sp³-hybridized carbons (Fsp3) is 0.333. The van der Waals surface area contributed by atoms with E-state index >= 15 is 0 Å². The van der Waals surface area contributed by atoms with Gasteiger partial charge in [0, 0.05) is 5.69 Å². The minimum absolute atomic E-state index is 0.125. The van der Waals surface area contributed by atoms with Crippen LogP contribution >= 0.6 is 11.8 Å². The van der Waals surface area contributed by atoms with Crippen molar-refractivity contribution in [3.05, 3.63) is 29.8 Å². The zero-order chi connectivity index (χ0) is 12.7. The molecule has 0 aliphatic heterocycles. The van der Waals surface area contributed by atoms with Crippen LogP contribution in [0.1, 0.15) is 12.5 Å². The molecule has 2 amide bonds. The van der Waals surface area contributed by atoms with Gasteiger partial charge in [0.15, 0.2) is 0 Å². The zero-order valence-corrected chi connectivity index (χ0v) is 10.5. The molecular weight excluding hydrogens is 236 g/mol.